The summed E-state index contributed by atoms with van der Waals surface area (Å²) in [6.07, 6.45) is 5.65. The van der Waals surface area contributed by atoms with Crippen molar-refractivity contribution in [3.05, 3.63) is 76.9 Å². The van der Waals surface area contributed by atoms with Gasteiger partial charge in [0.1, 0.15) is 0 Å². The van der Waals surface area contributed by atoms with Crippen LogP contribution >= 0.6 is 0 Å². The fourth-order valence-corrected chi connectivity index (χ4v) is 4.05. The lowest BCUT2D eigenvalue weighted by atomic mass is 9.76. The number of rotatable bonds is 2. The van der Waals surface area contributed by atoms with Crippen LogP contribution in [0, 0.1) is 12.8 Å². The summed E-state index contributed by atoms with van der Waals surface area (Å²) in [5, 5.41) is 6.44. The smallest absolute Gasteiger partial charge is 0.253 e. The molecule has 0 saturated heterocycles. The Bertz CT molecular complexity index is 807. The maximum atomic E-state index is 12.3. The largest absolute Gasteiger partial charge is 0.377 e. The highest BCUT2D eigenvalue weighted by Gasteiger charge is 2.39. The Morgan fingerprint density at radius 2 is 1.96 bits per heavy atom. The number of hydrogen-bond acceptors (Lipinski definition) is 2. The molecule has 2 N–H and O–H groups in total. The van der Waals surface area contributed by atoms with Crippen LogP contribution in [0.2, 0.25) is 0 Å². The minimum Gasteiger partial charge on any atom is -0.377 e. The van der Waals surface area contributed by atoms with Crippen LogP contribution in [0.3, 0.4) is 0 Å². The van der Waals surface area contributed by atoms with Gasteiger partial charge in [-0.15, -0.1) is 0 Å². The van der Waals surface area contributed by atoms with E-state index in [2.05, 4.69) is 60.0 Å². The Labute approximate surface area is 142 Å². The van der Waals surface area contributed by atoms with Crippen LogP contribution < -0.4 is 10.6 Å². The predicted octanol–water partition coefficient (Wildman–Crippen LogP) is 4.18. The van der Waals surface area contributed by atoms with Gasteiger partial charge in [-0.1, -0.05) is 54.1 Å². The molecule has 1 amide bonds. The molecule has 4 rings (SSSR count). The van der Waals surface area contributed by atoms with Crippen molar-refractivity contribution in [3.8, 4) is 0 Å². The summed E-state index contributed by atoms with van der Waals surface area (Å²) in [5.74, 6) is 0.833. The number of carbonyl (C=O) groups is 1. The molecule has 0 spiro atoms. The highest BCUT2D eigenvalue weighted by atomic mass is 16.1. The molecule has 3 heteroatoms. The Kier molecular flexibility index (Phi) is 3.64. The summed E-state index contributed by atoms with van der Waals surface area (Å²) in [6, 6.07) is 15.0. The van der Waals surface area contributed by atoms with Crippen LogP contribution in [-0.4, -0.2) is 13.0 Å². The number of aryl methyl sites for hydroxylation is 1. The fraction of sp³-hybridized carbons (Fsp3) is 0.286. The Hall–Kier alpha value is -2.55. The summed E-state index contributed by atoms with van der Waals surface area (Å²) < 4.78 is 0. The van der Waals surface area contributed by atoms with Crippen LogP contribution in [0.15, 0.2) is 54.6 Å². The normalized spacial score (nSPS) is 24.0. The van der Waals surface area contributed by atoms with E-state index in [1.165, 1.54) is 16.7 Å². The monoisotopic (exact) mass is 318 g/mol. The van der Waals surface area contributed by atoms with E-state index in [0.29, 0.717) is 11.8 Å². The van der Waals surface area contributed by atoms with Crippen molar-refractivity contribution in [1.82, 2.24) is 5.32 Å². The van der Waals surface area contributed by atoms with E-state index in [1.807, 2.05) is 12.1 Å². The number of para-hydroxylation sites is 1. The molecule has 24 heavy (non-hydrogen) atoms. The van der Waals surface area contributed by atoms with Crippen molar-refractivity contribution in [2.24, 2.45) is 5.92 Å². The fourth-order valence-electron chi connectivity index (χ4n) is 4.05. The number of hydrogen-bond donors (Lipinski definition) is 2. The zero-order valence-corrected chi connectivity index (χ0v) is 14.0. The van der Waals surface area contributed by atoms with Gasteiger partial charge in [0.05, 0.1) is 17.3 Å². The summed E-state index contributed by atoms with van der Waals surface area (Å²) in [7, 11) is 1.68. The average molecular weight is 318 g/mol. The van der Waals surface area contributed by atoms with Gasteiger partial charge >= 0.3 is 0 Å². The van der Waals surface area contributed by atoms with Crippen LogP contribution in [-0.2, 0) is 0 Å². The zero-order chi connectivity index (χ0) is 16.7. The van der Waals surface area contributed by atoms with Gasteiger partial charge in [-0.25, -0.2) is 0 Å². The molecule has 2 aliphatic rings. The van der Waals surface area contributed by atoms with E-state index in [9.17, 15) is 4.79 Å². The molecule has 0 saturated carbocycles. The van der Waals surface area contributed by atoms with Crippen molar-refractivity contribution in [2.75, 3.05) is 12.4 Å². The molecule has 122 valence electrons. The lowest BCUT2D eigenvalue weighted by Gasteiger charge is -2.38. The van der Waals surface area contributed by atoms with Gasteiger partial charge in [0, 0.05) is 13.0 Å². The molecule has 1 aliphatic carbocycles. The maximum absolute atomic E-state index is 12.3. The molecule has 0 radical (unpaired) electrons. The molecular weight excluding hydrogens is 296 g/mol. The van der Waals surface area contributed by atoms with Crippen LogP contribution in [0.25, 0.3) is 0 Å². The zero-order valence-electron chi connectivity index (χ0n) is 14.0. The summed E-state index contributed by atoms with van der Waals surface area (Å²) in [5.41, 5.74) is 5.50. The molecular formula is C21H22N2O. The van der Waals surface area contributed by atoms with Gasteiger partial charge in [0.15, 0.2) is 0 Å². The Balaban J connectivity index is 1.82. The van der Waals surface area contributed by atoms with Crippen molar-refractivity contribution < 1.29 is 4.79 Å². The summed E-state index contributed by atoms with van der Waals surface area (Å²) in [4.78, 5) is 12.3. The third-order valence-electron chi connectivity index (χ3n) is 5.30. The van der Waals surface area contributed by atoms with Crippen LogP contribution in [0.1, 0.15) is 45.4 Å². The molecule has 3 nitrogen and oxygen atoms in total. The molecule has 0 fully saturated rings. The van der Waals surface area contributed by atoms with E-state index >= 15 is 0 Å². The first-order valence-corrected chi connectivity index (χ1v) is 8.54. The topological polar surface area (TPSA) is 41.1 Å². The van der Waals surface area contributed by atoms with Crippen molar-refractivity contribution >= 4 is 11.6 Å². The lowest BCUT2D eigenvalue weighted by Crippen LogP contribution is -2.31. The Morgan fingerprint density at radius 3 is 2.71 bits per heavy atom. The molecule has 2 aromatic rings. The molecule has 3 atom stereocenters. The number of carbonyl (C=O) groups excluding carboxylic acids is 1. The highest BCUT2D eigenvalue weighted by Crippen LogP contribution is 2.50. The van der Waals surface area contributed by atoms with E-state index < -0.39 is 0 Å². The van der Waals surface area contributed by atoms with Gasteiger partial charge in [-0.05, 0) is 36.5 Å². The molecule has 0 bridgehead atoms. The van der Waals surface area contributed by atoms with Gasteiger partial charge in [-0.2, -0.15) is 0 Å². The van der Waals surface area contributed by atoms with E-state index in [1.54, 1.807) is 7.05 Å². The summed E-state index contributed by atoms with van der Waals surface area (Å²) in [6.45, 7) is 2.11. The van der Waals surface area contributed by atoms with E-state index in [4.69, 9.17) is 0 Å². The van der Waals surface area contributed by atoms with Gasteiger partial charge in [0.25, 0.3) is 5.91 Å². The second-order valence-electron chi connectivity index (χ2n) is 6.74. The molecule has 2 aromatic carbocycles. The third-order valence-corrected chi connectivity index (χ3v) is 5.30. The predicted molar refractivity (Wildman–Crippen MR) is 97.4 cm³/mol. The summed E-state index contributed by atoms with van der Waals surface area (Å²) >= 11 is 0. The first-order chi connectivity index (χ1) is 11.7. The minimum atomic E-state index is -0.0394. The molecule has 1 aliphatic heterocycles. The van der Waals surface area contributed by atoms with Crippen molar-refractivity contribution in [2.45, 2.75) is 25.3 Å². The highest BCUT2D eigenvalue weighted by molar-refractivity contribution is 6.00. The first kappa shape index (κ1) is 15.0. The number of fused-ring (bicyclic) bond motifs is 3. The first-order valence-electron chi connectivity index (χ1n) is 8.54. The molecule has 1 heterocycles. The number of anilines is 1. The van der Waals surface area contributed by atoms with E-state index in [-0.39, 0.29) is 11.9 Å². The van der Waals surface area contributed by atoms with Crippen LogP contribution in [0.5, 0.6) is 0 Å². The van der Waals surface area contributed by atoms with Crippen molar-refractivity contribution in [3.63, 3.8) is 0 Å². The number of nitrogens with one attached hydrogen (secondary N) is 2. The second-order valence-corrected chi connectivity index (χ2v) is 6.74. The molecule has 0 aromatic heterocycles. The Morgan fingerprint density at radius 1 is 1.17 bits per heavy atom. The quantitative estimate of drug-likeness (QED) is 0.816. The maximum Gasteiger partial charge on any atom is 0.253 e. The van der Waals surface area contributed by atoms with Crippen LogP contribution in [0.4, 0.5) is 5.69 Å². The SMILES string of the molecule is CNC(=O)c1cccc2c1NC(c1ccc(C)cc1)C1CC=CC21. The van der Waals surface area contributed by atoms with Gasteiger partial charge < -0.3 is 10.6 Å². The second kappa shape index (κ2) is 5.82. The molecule has 3 unspecified atom stereocenters. The lowest BCUT2D eigenvalue weighted by molar-refractivity contribution is 0.0963. The number of benzene rings is 2. The van der Waals surface area contributed by atoms with Crippen molar-refractivity contribution in [1.29, 1.82) is 0 Å². The van der Waals surface area contributed by atoms with E-state index in [0.717, 1.165) is 17.7 Å². The van der Waals surface area contributed by atoms with Gasteiger partial charge in [0.2, 0.25) is 0 Å². The average Bonchev–Trinajstić information content (AvgIpc) is 3.10. The third kappa shape index (κ3) is 2.32. The standard InChI is InChI=1S/C21H22N2O/c1-13-9-11-14(12-10-13)19-16-6-3-5-15(16)17-7-4-8-18(20(17)23-19)21(24)22-2/h3-5,7-12,15-16,19,23H,6H2,1-2H3,(H,22,24). The number of amides is 1. The number of allylic oxidation sites excluding steroid dienone is 2. The minimum absolute atomic E-state index is 0.0394. The van der Waals surface area contributed by atoms with Gasteiger partial charge in [-0.3, -0.25) is 4.79 Å².